The van der Waals surface area contributed by atoms with Gasteiger partial charge in [-0.25, -0.2) is 0 Å². The maximum Gasteiger partial charge on any atom is 0.219 e. The molecule has 21 heavy (non-hydrogen) atoms. The van der Waals surface area contributed by atoms with Gasteiger partial charge < -0.3 is 15.0 Å². The van der Waals surface area contributed by atoms with Crippen LogP contribution in [-0.2, 0) is 4.79 Å². The van der Waals surface area contributed by atoms with Crippen LogP contribution in [0.25, 0.3) is 0 Å². The van der Waals surface area contributed by atoms with E-state index in [1.807, 2.05) is 17.0 Å². The molecule has 0 aromatic heterocycles. The van der Waals surface area contributed by atoms with Crippen molar-refractivity contribution in [2.45, 2.75) is 38.8 Å². The van der Waals surface area contributed by atoms with Gasteiger partial charge in [-0.3, -0.25) is 4.79 Å². The monoisotopic (exact) mass is 288 g/mol. The SMILES string of the molecule is CC(=O)N1CCC(NC2c3ccccc3OCC2C)CC1. The van der Waals surface area contributed by atoms with Gasteiger partial charge in [-0.05, 0) is 18.9 Å². The molecular weight excluding hydrogens is 264 g/mol. The first-order valence-corrected chi connectivity index (χ1v) is 7.88. The van der Waals surface area contributed by atoms with Crippen LogP contribution >= 0.6 is 0 Å². The lowest BCUT2D eigenvalue weighted by Gasteiger charge is -2.38. The van der Waals surface area contributed by atoms with E-state index in [9.17, 15) is 4.79 Å². The second-order valence-corrected chi connectivity index (χ2v) is 6.25. The molecule has 114 valence electrons. The van der Waals surface area contributed by atoms with Gasteiger partial charge >= 0.3 is 0 Å². The minimum atomic E-state index is 0.193. The molecular formula is C17H24N2O2. The quantitative estimate of drug-likeness (QED) is 0.908. The summed E-state index contributed by atoms with van der Waals surface area (Å²) in [5, 5.41) is 3.81. The van der Waals surface area contributed by atoms with E-state index in [2.05, 4.69) is 24.4 Å². The number of hydrogen-bond acceptors (Lipinski definition) is 3. The van der Waals surface area contributed by atoms with E-state index in [0.29, 0.717) is 18.0 Å². The van der Waals surface area contributed by atoms with Crippen molar-refractivity contribution >= 4 is 5.91 Å². The fourth-order valence-electron chi connectivity index (χ4n) is 3.36. The Kier molecular flexibility index (Phi) is 4.15. The van der Waals surface area contributed by atoms with Crippen molar-refractivity contribution in [1.29, 1.82) is 0 Å². The molecule has 4 nitrogen and oxygen atoms in total. The van der Waals surface area contributed by atoms with Crippen molar-refractivity contribution in [2.24, 2.45) is 5.92 Å². The molecule has 1 aromatic rings. The summed E-state index contributed by atoms with van der Waals surface area (Å²) < 4.78 is 5.81. The number of para-hydroxylation sites is 1. The number of fused-ring (bicyclic) bond motifs is 1. The van der Waals surface area contributed by atoms with E-state index in [1.54, 1.807) is 6.92 Å². The van der Waals surface area contributed by atoms with Crippen molar-refractivity contribution in [3.05, 3.63) is 29.8 Å². The van der Waals surface area contributed by atoms with Gasteiger partial charge in [-0.2, -0.15) is 0 Å². The lowest BCUT2D eigenvalue weighted by molar-refractivity contribution is -0.129. The van der Waals surface area contributed by atoms with E-state index >= 15 is 0 Å². The third kappa shape index (κ3) is 3.05. The summed E-state index contributed by atoms with van der Waals surface area (Å²) in [6.45, 7) is 6.39. The topological polar surface area (TPSA) is 41.6 Å². The Balaban J connectivity index is 1.67. The van der Waals surface area contributed by atoms with Gasteiger partial charge in [0.25, 0.3) is 0 Å². The molecule has 3 rings (SSSR count). The van der Waals surface area contributed by atoms with Gasteiger partial charge in [0.2, 0.25) is 5.91 Å². The normalized spacial score (nSPS) is 26.1. The van der Waals surface area contributed by atoms with Crippen LogP contribution in [0.15, 0.2) is 24.3 Å². The maximum absolute atomic E-state index is 11.4. The molecule has 0 radical (unpaired) electrons. The summed E-state index contributed by atoms with van der Waals surface area (Å²) in [5.74, 6) is 1.67. The molecule has 1 aromatic carbocycles. The van der Waals surface area contributed by atoms with Gasteiger partial charge in [0.15, 0.2) is 0 Å². The molecule has 0 aliphatic carbocycles. The minimum Gasteiger partial charge on any atom is -0.493 e. The van der Waals surface area contributed by atoms with Crippen LogP contribution in [0.1, 0.15) is 38.3 Å². The van der Waals surface area contributed by atoms with Gasteiger partial charge in [0.1, 0.15) is 5.75 Å². The number of rotatable bonds is 2. The Morgan fingerprint density at radius 2 is 2.00 bits per heavy atom. The third-order valence-corrected chi connectivity index (χ3v) is 4.68. The zero-order valence-corrected chi connectivity index (χ0v) is 12.8. The van der Waals surface area contributed by atoms with Gasteiger partial charge in [-0.1, -0.05) is 25.1 Å². The molecule has 1 amide bonds. The molecule has 2 unspecified atom stereocenters. The number of piperidine rings is 1. The van der Waals surface area contributed by atoms with Crippen molar-refractivity contribution in [3.8, 4) is 5.75 Å². The van der Waals surface area contributed by atoms with Crippen LogP contribution in [0.4, 0.5) is 0 Å². The average molecular weight is 288 g/mol. The number of nitrogens with zero attached hydrogens (tertiary/aromatic N) is 1. The minimum absolute atomic E-state index is 0.193. The molecule has 0 bridgehead atoms. The Bertz CT molecular complexity index is 509. The number of hydrogen-bond donors (Lipinski definition) is 1. The smallest absolute Gasteiger partial charge is 0.219 e. The summed E-state index contributed by atoms with van der Waals surface area (Å²) in [6, 6.07) is 9.15. The largest absolute Gasteiger partial charge is 0.493 e. The molecule has 2 aliphatic rings. The molecule has 2 aliphatic heterocycles. The highest BCUT2D eigenvalue weighted by molar-refractivity contribution is 5.73. The lowest BCUT2D eigenvalue weighted by Crippen LogP contribution is -2.47. The maximum atomic E-state index is 11.4. The van der Waals surface area contributed by atoms with E-state index in [4.69, 9.17) is 4.74 Å². The van der Waals surface area contributed by atoms with Crippen LogP contribution in [0.5, 0.6) is 5.75 Å². The Morgan fingerprint density at radius 1 is 1.29 bits per heavy atom. The first-order valence-electron chi connectivity index (χ1n) is 7.88. The average Bonchev–Trinajstić information content (AvgIpc) is 2.51. The Labute approximate surface area is 126 Å². The summed E-state index contributed by atoms with van der Waals surface area (Å²) >= 11 is 0. The van der Waals surface area contributed by atoms with Gasteiger partial charge in [0, 0.05) is 43.6 Å². The van der Waals surface area contributed by atoms with Crippen molar-refractivity contribution < 1.29 is 9.53 Å². The standard InChI is InChI=1S/C17H24N2O2/c1-12-11-21-16-6-4-3-5-15(16)17(12)18-14-7-9-19(10-8-14)13(2)20/h3-6,12,14,17-18H,7-11H2,1-2H3. The number of ether oxygens (including phenoxy) is 1. The first kappa shape index (κ1) is 14.4. The molecule has 0 saturated carbocycles. The first-order chi connectivity index (χ1) is 10.1. The summed E-state index contributed by atoms with van der Waals surface area (Å²) in [5.41, 5.74) is 1.27. The van der Waals surface area contributed by atoms with E-state index in [-0.39, 0.29) is 5.91 Å². The predicted molar refractivity (Wildman–Crippen MR) is 82.3 cm³/mol. The van der Waals surface area contributed by atoms with Crippen LogP contribution in [-0.4, -0.2) is 36.5 Å². The second kappa shape index (κ2) is 6.06. The molecule has 0 spiro atoms. The molecule has 2 atom stereocenters. The second-order valence-electron chi connectivity index (χ2n) is 6.25. The number of amides is 1. The number of nitrogens with one attached hydrogen (secondary N) is 1. The van der Waals surface area contributed by atoms with Gasteiger partial charge in [-0.15, -0.1) is 0 Å². The van der Waals surface area contributed by atoms with E-state index < -0.39 is 0 Å². The van der Waals surface area contributed by atoms with Crippen LogP contribution in [0.3, 0.4) is 0 Å². The number of likely N-dealkylation sites (tertiary alicyclic amines) is 1. The predicted octanol–water partition coefficient (Wildman–Crippen LogP) is 2.36. The molecule has 1 N–H and O–H groups in total. The van der Waals surface area contributed by atoms with Crippen LogP contribution in [0, 0.1) is 5.92 Å². The van der Waals surface area contributed by atoms with E-state index in [1.165, 1.54) is 5.56 Å². The van der Waals surface area contributed by atoms with Crippen molar-refractivity contribution in [1.82, 2.24) is 10.2 Å². The van der Waals surface area contributed by atoms with Crippen molar-refractivity contribution in [2.75, 3.05) is 19.7 Å². The highest BCUT2D eigenvalue weighted by Gasteiger charge is 2.30. The number of benzene rings is 1. The Morgan fingerprint density at radius 3 is 2.71 bits per heavy atom. The number of carbonyl (C=O) groups excluding carboxylic acids is 1. The van der Waals surface area contributed by atoms with Crippen molar-refractivity contribution in [3.63, 3.8) is 0 Å². The van der Waals surface area contributed by atoms with E-state index in [0.717, 1.165) is 38.3 Å². The number of carbonyl (C=O) groups is 1. The highest BCUT2D eigenvalue weighted by Crippen LogP contribution is 2.35. The van der Waals surface area contributed by atoms with Crippen LogP contribution in [0.2, 0.25) is 0 Å². The molecule has 2 heterocycles. The summed E-state index contributed by atoms with van der Waals surface area (Å²) in [7, 11) is 0. The summed E-state index contributed by atoms with van der Waals surface area (Å²) in [6.07, 6.45) is 2.07. The van der Waals surface area contributed by atoms with Gasteiger partial charge in [0.05, 0.1) is 6.61 Å². The fourth-order valence-corrected chi connectivity index (χ4v) is 3.36. The summed E-state index contributed by atoms with van der Waals surface area (Å²) in [4.78, 5) is 13.3. The Hall–Kier alpha value is -1.55. The molecule has 1 saturated heterocycles. The van der Waals surface area contributed by atoms with Crippen LogP contribution < -0.4 is 10.1 Å². The third-order valence-electron chi connectivity index (χ3n) is 4.68. The fraction of sp³-hybridized carbons (Fsp3) is 0.588. The zero-order chi connectivity index (χ0) is 14.8. The molecule has 1 fully saturated rings. The zero-order valence-electron chi connectivity index (χ0n) is 12.8. The molecule has 4 heteroatoms. The highest BCUT2D eigenvalue weighted by atomic mass is 16.5. The lowest BCUT2D eigenvalue weighted by atomic mass is 9.90.